The van der Waals surface area contributed by atoms with Crippen LogP contribution in [-0.4, -0.2) is 19.4 Å². The van der Waals surface area contributed by atoms with Gasteiger partial charge < -0.3 is 10.1 Å². The van der Waals surface area contributed by atoms with Crippen LogP contribution in [0, 0.1) is 0 Å². The minimum atomic E-state index is 0.324. The summed E-state index contributed by atoms with van der Waals surface area (Å²) in [6.45, 7) is 2.19. The van der Waals surface area contributed by atoms with E-state index in [0.717, 1.165) is 11.0 Å². The lowest BCUT2D eigenvalue weighted by Crippen LogP contribution is -2.14. The number of benzene rings is 1. The Morgan fingerprint density at radius 2 is 2.06 bits per heavy atom. The second-order valence-corrected chi connectivity index (χ2v) is 6.25. The summed E-state index contributed by atoms with van der Waals surface area (Å²) in [4.78, 5) is 1.38. The Kier molecular flexibility index (Phi) is 4.95. The summed E-state index contributed by atoms with van der Waals surface area (Å²) >= 11 is 2.03. The number of ether oxygens (including phenoxy) is 1. The van der Waals surface area contributed by atoms with Crippen LogP contribution in [0.5, 0.6) is 5.75 Å². The van der Waals surface area contributed by atoms with E-state index in [1.54, 1.807) is 7.11 Å². The predicted octanol–water partition coefficient (Wildman–Crippen LogP) is 4.01. The van der Waals surface area contributed by atoms with Crippen molar-refractivity contribution >= 4 is 11.8 Å². The van der Waals surface area contributed by atoms with Crippen LogP contribution in [-0.2, 0) is 0 Å². The maximum Gasteiger partial charge on any atom is 0.124 e. The lowest BCUT2D eigenvalue weighted by molar-refractivity contribution is 0.401. The van der Waals surface area contributed by atoms with Gasteiger partial charge >= 0.3 is 0 Å². The molecule has 1 aliphatic rings. The Bertz CT molecular complexity index is 388. The molecule has 0 aromatic heterocycles. The molecule has 1 aromatic carbocycles. The van der Waals surface area contributed by atoms with Gasteiger partial charge in [0.25, 0.3) is 0 Å². The summed E-state index contributed by atoms with van der Waals surface area (Å²) in [5, 5.41) is 4.12. The zero-order valence-electron chi connectivity index (χ0n) is 11.5. The van der Waals surface area contributed by atoms with Crippen LogP contribution < -0.4 is 10.1 Å². The van der Waals surface area contributed by atoms with Crippen molar-refractivity contribution in [3.8, 4) is 5.75 Å². The molecule has 0 radical (unpaired) electrons. The van der Waals surface area contributed by atoms with Crippen LogP contribution in [0.1, 0.15) is 44.2 Å². The Hall–Kier alpha value is -0.670. The molecular weight excluding hydrogens is 242 g/mol. The highest BCUT2D eigenvalue weighted by atomic mass is 32.2. The molecule has 0 bridgehead atoms. The number of nitrogens with one attached hydrogen (secondary N) is 1. The van der Waals surface area contributed by atoms with Crippen molar-refractivity contribution in [3.05, 3.63) is 23.8 Å². The van der Waals surface area contributed by atoms with Crippen LogP contribution in [0.25, 0.3) is 0 Å². The number of rotatable bonds is 5. The van der Waals surface area contributed by atoms with Gasteiger partial charge in [-0.1, -0.05) is 18.9 Å². The fraction of sp³-hybridized carbons (Fsp3) is 0.600. The molecule has 0 aliphatic heterocycles. The Morgan fingerprint density at radius 3 is 2.67 bits per heavy atom. The van der Waals surface area contributed by atoms with E-state index < -0.39 is 0 Å². The average molecular weight is 265 g/mol. The molecule has 1 unspecified atom stereocenters. The summed E-state index contributed by atoms with van der Waals surface area (Å²) in [5.41, 5.74) is 1.31. The molecule has 2 nitrogen and oxygen atoms in total. The van der Waals surface area contributed by atoms with E-state index >= 15 is 0 Å². The van der Waals surface area contributed by atoms with Gasteiger partial charge in [0.2, 0.25) is 0 Å². The van der Waals surface area contributed by atoms with E-state index in [1.165, 1.54) is 36.1 Å². The fourth-order valence-corrected chi connectivity index (χ4v) is 4.05. The first-order chi connectivity index (χ1) is 8.76. The predicted molar refractivity (Wildman–Crippen MR) is 78.6 cm³/mol. The van der Waals surface area contributed by atoms with Gasteiger partial charge in [0.1, 0.15) is 5.75 Å². The molecule has 0 heterocycles. The van der Waals surface area contributed by atoms with Gasteiger partial charge in [-0.2, -0.15) is 0 Å². The maximum atomic E-state index is 5.52. The van der Waals surface area contributed by atoms with Crippen molar-refractivity contribution in [2.24, 2.45) is 0 Å². The van der Waals surface area contributed by atoms with Gasteiger partial charge in [0.05, 0.1) is 7.11 Å². The number of hydrogen-bond acceptors (Lipinski definition) is 3. The molecule has 0 amide bonds. The van der Waals surface area contributed by atoms with Crippen molar-refractivity contribution < 1.29 is 4.74 Å². The maximum absolute atomic E-state index is 5.52. The molecule has 3 heteroatoms. The monoisotopic (exact) mass is 265 g/mol. The van der Waals surface area contributed by atoms with Crippen molar-refractivity contribution in [2.75, 3.05) is 14.2 Å². The first-order valence-corrected chi connectivity index (χ1v) is 7.65. The SMILES string of the molecule is CNC(C)c1c(OC)cccc1SC1CCCC1. The van der Waals surface area contributed by atoms with Crippen LogP contribution >= 0.6 is 11.8 Å². The normalized spacial score (nSPS) is 17.9. The van der Waals surface area contributed by atoms with Crippen molar-refractivity contribution in [1.82, 2.24) is 5.32 Å². The standard InChI is InChI=1S/C15H23NOS/c1-11(16-2)15-13(17-3)9-6-10-14(15)18-12-7-4-5-8-12/h6,9-12,16H,4-5,7-8H2,1-3H3. The molecule has 100 valence electrons. The van der Waals surface area contributed by atoms with Gasteiger partial charge in [-0.15, -0.1) is 11.8 Å². The van der Waals surface area contributed by atoms with Gasteiger partial charge in [0, 0.05) is 21.8 Å². The lowest BCUT2D eigenvalue weighted by atomic mass is 10.1. The number of thioether (sulfide) groups is 1. The minimum absolute atomic E-state index is 0.324. The third-order valence-electron chi connectivity index (χ3n) is 3.71. The highest BCUT2D eigenvalue weighted by molar-refractivity contribution is 8.00. The van der Waals surface area contributed by atoms with Gasteiger partial charge in [-0.05, 0) is 38.9 Å². The first-order valence-electron chi connectivity index (χ1n) is 6.77. The third kappa shape index (κ3) is 3.01. The largest absolute Gasteiger partial charge is 0.496 e. The minimum Gasteiger partial charge on any atom is -0.496 e. The van der Waals surface area contributed by atoms with Crippen LogP contribution in [0.15, 0.2) is 23.1 Å². The van der Waals surface area contributed by atoms with Crippen molar-refractivity contribution in [3.63, 3.8) is 0 Å². The number of hydrogen-bond donors (Lipinski definition) is 1. The van der Waals surface area contributed by atoms with Crippen molar-refractivity contribution in [1.29, 1.82) is 0 Å². The molecule has 0 saturated heterocycles. The highest BCUT2D eigenvalue weighted by Gasteiger charge is 2.21. The second-order valence-electron chi connectivity index (χ2n) is 4.91. The second kappa shape index (κ2) is 6.48. The zero-order valence-corrected chi connectivity index (χ0v) is 12.3. The smallest absolute Gasteiger partial charge is 0.124 e. The molecule has 18 heavy (non-hydrogen) atoms. The van der Waals surface area contributed by atoms with E-state index in [-0.39, 0.29) is 0 Å². The van der Waals surface area contributed by atoms with Crippen LogP contribution in [0.4, 0.5) is 0 Å². The van der Waals surface area contributed by atoms with Crippen molar-refractivity contribution in [2.45, 2.75) is 48.8 Å². The average Bonchev–Trinajstić information content (AvgIpc) is 2.90. The molecule has 1 aromatic rings. The summed E-state index contributed by atoms with van der Waals surface area (Å²) in [7, 11) is 3.76. The number of methoxy groups -OCH3 is 1. The Morgan fingerprint density at radius 1 is 1.33 bits per heavy atom. The molecule has 2 rings (SSSR count). The quantitative estimate of drug-likeness (QED) is 0.869. The van der Waals surface area contributed by atoms with Crippen LogP contribution in [0.2, 0.25) is 0 Å². The molecular formula is C15H23NOS. The van der Waals surface area contributed by atoms with Gasteiger partial charge in [0.15, 0.2) is 0 Å². The van der Waals surface area contributed by atoms with E-state index in [1.807, 2.05) is 18.8 Å². The lowest BCUT2D eigenvalue weighted by Gasteiger charge is -2.20. The first kappa shape index (κ1) is 13.8. The highest BCUT2D eigenvalue weighted by Crippen LogP contribution is 2.40. The van der Waals surface area contributed by atoms with E-state index in [0.29, 0.717) is 6.04 Å². The molecule has 1 aliphatic carbocycles. The Labute approximate surface area is 114 Å². The van der Waals surface area contributed by atoms with Gasteiger partial charge in [-0.25, -0.2) is 0 Å². The molecule has 1 atom stereocenters. The molecule has 1 saturated carbocycles. The summed E-state index contributed by atoms with van der Waals surface area (Å²) in [6, 6.07) is 6.71. The zero-order chi connectivity index (χ0) is 13.0. The van der Waals surface area contributed by atoms with Crippen LogP contribution in [0.3, 0.4) is 0 Å². The molecule has 0 spiro atoms. The Balaban J connectivity index is 2.26. The third-order valence-corrected chi connectivity index (χ3v) is 5.12. The fourth-order valence-electron chi connectivity index (χ4n) is 2.56. The van der Waals surface area contributed by atoms with E-state index in [9.17, 15) is 0 Å². The molecule has 1 N–H and O–H groups in total. The van der Waals surface area contributed by atoms with Gasteiger partial charge in [-0.3, -0.25) is 0 Å². The van der Waals surface area contributed by atoms with E-state index in [2.05, 4.69) is 30.4 Å². The topological polar surface area (TPSA) is 21.3 Å². The molecule has 1 fully saturated rings. The van der Waals surface area contributed by atoms with E-state index in [4.69, 9.17) is 4.74 Å². The summed E-state index contributed by atoms with van der Waals surface area (Å²) in [6.07, 6.45) is 5.49. The summed E-state index contributed by atoms with van der Waals surface area (Å²) in [5.74, 6) is 1.000. The summed E-state index contributed by atoms with van der Waals surface area (Å²) < 4.78 is 5.52.